The highest BCUT2D eigenvalue weighted by Crippen LogP contribution is 2.48. The number of aliphatic hydroxyl groups is 3. The minimum atomic E-state index is -0.700. The van der Waals surface area contributed by atoms with Gasteiger partial charge in [0.15, 0.2) is 0 Å². The first kappa shape index (κ1) is 25.2. The molecule has 0 aromatic carbocycles. The van der Waals surface area contributed by atoms with Gasteiger partial charge in [-0.15, -0.1) is 0 Å². The van der Waals surface area contributed by atoms with E-state index in [0.29, 0.717) is 32.1 Å². The lowest BCUT2D eigenvalue weighted by Gasteiger charge is -2.49. The van der Waals surface area contributed by atoms with Crippen LogP contribution in [0.5, 0.6) is 0 Å². The van der Waals surface area contributed by atoms with E-state index >= 15 is 0 Å². The summed E-state index contributed by atoms with van der Waals surface area (Å²) in [4.78, 5) is 24.7. The second-order valence-electron chi connectivity index (χ2n) is 10.8. The fourth-order valence-electron chi connectivity index (χ4n) is 5.47. The first-order chi connectivity index (χ1) is 14.9. The minimum absolute atomic E-state index is 0.0277. The molecule has 1 aliphatic heterocycles. The molecule has 32 heavy (non-hydrogen) atoms. The van der Waals surface area contributed by atoms with Gasteiger partial charge in [0.05, 0.1) is 30.1 Å². The number of carbonyl (C=O) groups excluding carboxylic acids is 2. The van der Waals surface area contributed by atoms with E-state index in [2.05, 4.69) is 0 Å². The molecular weight excluding hydrogens is 412 g/mol. The number of carbonyl (C=O) groups is 2. The number of hydrogen-bond donors (Lipinski definition) is 3. The molecule has 2 aliphatic carbocycles. The van der Waals surface area contributed by atoms with Crippen molar-refractivity contribution in [1.82, 2.24) is 0 Å². The van der Waals surface area contributed by atoms with Crippen LogP contribution in [0.2, 0.25) is 0 Å². The molecule has 7 heteroatoms. The van der Waals surface area contributed by atoms with E-state index in [0.717, 1.165) is 5.57 Å². The number of esters is 2. The molecule has 2 fully saturated rings. The Labute approximate surface area is 191 Å². The topological polar surface area (TPSA) is 113 Å². The summed E-state index contributed by atoms with van der Waals surface area (Å²) >= 11 is 0. The highest BCUT2D eigenvalue weighted by atomic mass is 16.6. The Hall–Kier alpha value is -1.44. The Morgan fingerprint density at radius 2 is 1.88 bits per heavy atom. The van der Waals surface area contributed by atoms with Crippen LogP contribution in [0.4, 0.5) is 0 Å². The third-order valence-electron chi connectivity index (χ3n) is 8.06. The number of aliphatic hydroxyl groups excluding tert-OH is 3. The average Bonchev–Trinajstić information content (AvgIpc) is 2.71. The third kappa shape index (κ3) is 5.20. The number of cyclic esters (lactones) is 1. The molecule has 1 heterocycles. The van der Waals surface area contributed by atoms with Crippen molar-refractivity contribution in [3.05, 3.63) is 11.6 Å². The van der Waals surface area contributed by atoms with E-state index in [-0.39, 0.29) is 54.2 Å². The molecule has 7 nitrogen and oxygen atoms in total. The highest BCUT2D eigenvalue weighted by Gasteiger charge is 2.49. The first-order valence-corrected chi connectivity index (χ1v) is 12.1. The summed E-state index contributed by atoms with van der Waals surface area (Å²) in [6, 6.07) is 0. The summed E-state index contributed by atoms with van der Waals surface area (Å²) in [5.74, 6) is -1.06. The van der Waals surface area contributed by atoms with Crippen LogP contribution in [0.25, 0.3) is 0 Å². The van der Waals surface area contributed by atoms with E-state index in [4.69, 9.17) is 9.47 Å². The summed E-state index contributed by atoms with van der Waals surface area (Å²) < 4.78 is 11.5. The van der Waals surface area contributed by atoms with Gasteiger partial charge in [-0.1, -0.05) is 26.8 Å². The van der Waals surface area contributed by atoms with Crippen molar-refractivity contribution in [2.24, 2.45) is 29.1 Å². The molecule has 0 spiro atoms. The first-order valence-electron chi connectivity index (χ1n) is 12.1. The average molecular weight is 453 g/mol. The monoisotopic (exact) mass is 452 g/mol. The van der Waals surface area contributed by atoms with Crippen molar-refractivity contribution >= 4 is 11.9 Å². The smallest absolute Gasteiger partial charge is 0.311 e. The van der Waals surface area contributed by atoms with E-state index in [1.54, 1.807) is 6.08 Å². The summed E-state index contributed by atoms with van der Waals surface area (Å²) in [5, 5.41) is 31.6. The number of ether oxygens (including phenoxy) is 2. The van der Waals surface area contributed by atoms with Crippen LogP contribution in [0.1, 0.15) is 73.1 Å². The van der Waals surface area contributed by atoms with Crippen molar-refractivity contribution in [3.8, 4) is 0 Å². The zero-order valence-electron chi connectivity index (χ0n) is 20.0. The van der Waals surface area contributed by atoms with Crippen LogP contribution >= 0.6 is 0 Å². The molecule has 1 saturated heterocycles. The van der Waals surface area contributed by atoms with Gasteiger partial charge in [0, 0.05) is 12.3 Å². The maximum atomic E-state index is 12.9. The standard InChI is InChI=1S/C25H40O7/c1-6-25(4,5)24(30)32-20-9-13(2)23(29)18-12-19(27)14(3)17(22(18)20)8-7-16-10-15(26)11-21(28)31-16/h12-17,19-20,22-23,26-27,29H,6-11H2,1-5H3/t13-,14-,15-,16-,17+,19+,20+,22-,23-/m1/s1. The van der Waals surface area contributed by atoms with Crippen molar-refractivity contribution in [1.29, 1.82) is 0 Å². The van der Waals surface area contributed by atoms with E-state index in [1.165, 1.54) is 0 Å². The van der Waals surface area contributed by atoms with Gasteiger partial charge in [-0.3, -0.25) is 9.59 Å². The van der Waals surface area contributed by atoms with Gasteiger partial charge >= 0.3 is 11.9 Å². The van der Waals surface area contributed by atoms with Crippen molar-refractivity contribution < 1.29 is 34.4 Å². The lowest BCUT2D eigenvalue weighted by molar-refractivity contribution is -0.169. The van der Waals surface area contributed by atoms with Crippen molar-refractivity contribution in [3.63, 3.8) is 0 Å². The molecule has 0 bridgehead atoms. The van der Waals surface area contributed by atoms with E-state index in [9.17, 15) is 24.9 Å². The van der Waals surface area contributed by atoms with Crippen LogP contribution < -0.4 is 0 Å². The van der Waals surface area contributed by atoms with Gasteiger partial charge in [0.2, 0.25) is 0 Å². The van der Waals surface area contributed by atoms with Crippen LogP contribution in [0.3, 0.4) is 0 Å². The molecule has 3 rings (SSSR count). The van der Waals surface area contributed by atoms with Crippen LogP contribution in [-0.4, -0.2) is 57.8 Å². The molecule has 1 saturated carbocycles. The summed E-state index contributed by atoms with van der Waals surface area (Å²) in [6.45, 7) is 9.63. The van der Waals surface area contributed by atoms with E-state index in [1.807, 2.05) is 34.6 Å². The molecular formula is C25H40O7. The molecule has 182 valence electrons. The maximum absolute atomic E-state index is 12.9. The summed E-state index contributed by atoms with van der Waals surface area (Å²) in [7, 11) is 0. The Balaban J connectivity index is 1.83. The molecule has 3 N–H and O–H groups in total. The lowest BCUT2D eigenvalue weighted by Crippen LogP contribution is -2.51. The van der Waals surface area contributed by atoms with Crippen LogP contribution in [-0.2, 0) is 19.1 Å². The summed E-state index contributed by atoms with van der Waals surface area (Å²) in [6.07, 6.45) is 1.79. The maximum Gasteiger partial charge on any atom is 0.311 e. The highest BCUT2D eigenvalue weighted by molar-refractivity contribution is 5.76. The predicted molar refractivity (Wildman–Crippen MR) is 118 cm³/mol. The molecule has 9 atom stereocenters. The SMILES string of the molecule is CCC(C)(C)C(=O)O[C@H]1C[C@@H](C)[C@@H](O)C2=C[C@H](O)[C@H](C)[C@H](CC[C@@H]3C[C@@H](O)CC(=O)O3)[C@H]21. The lowest BCUT2D eigenvalue weighted by atomic mass is 9.61. The predicted octanol–water partition coefficient (Wildman–Crippen LogP) is 2.75. The largest absolute Gasteiger partial charge is 0.462 e. The summed E-state index contributed by atoms with van der Waals surface area (Å²) in [5.41, 5.74) is 0.164. The molecule has 3 aliphatic rings. The molecule has 0 aromatic rings. The van der Waals surface area contributed by atoms with Gasteiger partial charge in [0.25, 0.3) is 0 Å². The van der Waals surface area contributed by atoms with Crippen LogP contribution in [0, 0.1) is 29.1 Å². The second kappa shape index (κ2) is 9.82. The van der Waals surface area contributed by atoms with Crippen LogP contribution in [0.15, 0.2) is 11.6 Å². The van der Waals surface area contributed by atoms with Crippen molar-refractivity contribution in [2.75, 3.05) is 0 Å². The zero-order valence-corrected chi connectivity index (χ0v) is 20.0. The number of rotatable bonds is 6. The van der Waals surface area contributed by atoms with Crippen molar-refractivity contribution in [2.45, 2.75) is 104 Å². The number of hydrogen-bond acceptors (Lipinski definition) is 7. The van der Waals surface area contributed by atoms with Gasteiger partial charge in [0.1, 0.15) is 12.2 Å². The fourth-order valence-corrected chi connectivity index (χ4v) is 5.47. The second-order valence-corrected chi connectivity index (χ2v) is 10.8. The van der Waals surface area contributed by atoms with E-state index < -0.39 is 23.7 Å². The molecule has 0 radical (unpaired) electrons. The molecule has 0 aromatic heterocycles. The number of fused-ring (bicyclic) bond motifs is 1. The molecule has 0 amide bonds. The quantitative estimate of drug-likeness (QED) is 0.419. The van der Waals surface area contributed by atoms with Gasteiger partial charge in [-0.2, -0.15) is 0 Å². The normalized spacial score (nSPS) is 40.2. The van der Waals surface area contributed by atoms with Gasteiger partial charge < -0.3 is 24.8 Å². The van der Waals surface area contributed by atoms with Gasteiger partial charge in [-0.25, -0.2) is 0 Å². The Morgan fingerprint density at radius 3 is 2.50 bits per heavy atom. The minimum Gasteiger partial charge on any atom is -0.462 e. The van der Waals surface area contributed by atoms with Gasteiger partial charge in [-0.05, 0) is 62.9 Å². The zero-order chi connectivity index (χ0) is 23.8. The Morgan fingerprint density at radius 1 is 1.19 bits per heavy atom. The Kier molecular flexibility index (Phi) is 7.73. The third-order valence-corrected chi connectivity index (χ3v) is 8.06. The fraction of sp³-hybridized carbons (Fsp3) is 0.840. The Bertz CT molecular complexity index is 730. The molecule has 0 unspecified atom stereocenters.